The van der Waals surface area contributed by atoms with Crippen LogP contribution in [-0.4, -0.2) is 72.6 Å². The number of benzene rings is 1. The van der Waals surface area contributed by atoms with Crippen molar-refractivity contribution in [3.8, 4) is 0 Å². The average Bonchev–Trinajstić information content (AvgIpc) is 3.25. The number of carbonyl (C=O) groups is 1. The molecule has 8 nitrogen and oxygen atoms in total. The molecule has 2 aliphatic heterocycles. The number of hydrogen-bond acceptors (Lipinski definition) is 5. The van der Waals surface area contributed by atoms with Crippen LogP contribution < -0.4 is 4.90 Å². The number of aromatic nitrogens is 2. The summed E-state index contributed by atoms with van der Waals surface area (Å²) >= 11 is 0. The number of alkyl halides is 3. The van der Waals surface area contributed by atoms with E-state index in [2.05, 4.69) is 5.10 Å². The van der Waals surface area contributed by atoms with Gasteiger partial charge in [-0.2, -0.15) is 22.6 Å². The van der Waals surface area contributed by atoms with Crippen molar-refractivity contribution in [2.24, 2.45) is 13.0 Å². The molecule has 2 aliphatic rings. The quantitative estimate of drug-likeness (QED) is 0.664. The maximum absolute atomic E-state index is 13.1. The minimum Gasteiger partial charge on any atom is -0.368 e. The van der Waals surface area contributed by atoms with E-state index in [0.29, 0.717) is 51.3 Å². The summed E-state index contributed by atoms with van der Waals surface area (Å²) in [5.74, 6) is -0.546. The molecule has 2 fully saturated rings. The molecule has 1 aromatic heterocycles. The van der Waals surface area contributed by atoms with Crippen molar-refractivity contribution in [3.05, 3.63) is 42.2 Å². The predicted octanol–water partition coefficient (Wildman–Crippen LogP) is 2.19. The normalized spacial score (nSPS) is 20.8. The van der Waals surface area contributed by atoms with Gasteiger partial charge < -0.3 is 9.80 Å². The van der Waals surface area contributed by atoms with Crippen LogP contribution in [0.4, 0.5) is 18.9 Å². The third-order valence-corrected chi connectivity index (χ3v) is 8.00. The molecule has 180 valence electrons. The van der Waals surface area contributed by atoms with E-state index < -0.39 is 27.7 Å². The van der Waals surface area contributed by atoms with Crippen LogP contribution in [0, 0.1) is 5.92 Å². The molecule has 4 rings (SSSR count). The smallest absolute Gasteiger partial charge is 0.368 e. The van der Waals surface area contributed by atoms with Gasteiger partial charge in [-0.1, -0.05) is 6.07 Å². The van der Waals surface area contributed by atoms with Crippen LogP contribution in [0.25, 0.3) is 0 Å². The van der Waals surface area contributed by atoms with Gasteiger partial charge in [-0.3, -0.25) is 9.48 Å². The molecule has 12 heteroatoms. The van der Waals surface area contributed by atoms with Gasteiger partial charge >= 0.3 is 6.18 Å². The lowest BCUT2D eigenvalue weighted by molar-refractivity contribution is -0.137. The predicted molar refractivity (Wildman–Crippen MR) is 115 cm³/mol. The van der Waals surface area contributed by atoms with Gasteiger partial charge in [0.05, 0.1) is 17.7 Å². The largest absolute Gasteiger partial charge is 0.416 e. The molecule has 1 aromatic carbocycles. The molecule has 1 amide bonds. The van der Waals surface area contributed by atoms with E-state index in [0.717, 1.165) is 12.1 Å². The summed E-state index contributed by atoms with van der Waals surface area (Å²) in [6.45, 7) is 2.05. The lowest BCUT2D eigenvalue weighted by Gasteiger charge is -2.39. The van der Waals surface area contributed by atoms with Crippen LogP contribution in [-0.2, 0) is 28.0 Å². The van der Waals surface area contributed by atoms with E-state index in [-0.39, 0.29) is 17.3 Å². The molecule has 0 radical (unpaired) electrons. The number of piperazine rings is 1. The van der Waals surface area contributed by atoms with E-state index in [1.54, 1.807) is 18.0 Å². The van der Waals surface area contributed by atoms with Gasteiger partial charge in [-0.05, 0) is 31.0 Å². The zero-order chi connectivity index (χ0) is 23.8. The van der Waals surface area contributed by atoms with Crippen LogP contribution in [0.2, 0.25) is 0 Å². The molecule has 0 bridgehead atoms. The topological polar surface area (TPSA) is 78.8 Å². The lowest BCUT2D eigenvalue weighted by Crippen LogP contribution is -2.53. The Balaban J connectivity index is 1.38. The third-order valence-electron chi connectivity index (χ3n) is 6.18. The molecule has 0 aliphatic carbocycles. The monoisotopic (exact) mass is 485 g/mol. The summed E-state index contributed by atoms with van der Waals surface area (Å²) < 4.78 is 67.6. The number of hydrogen-bond donors (Lipinski definition) is 0. The standard InChI is InChI=1S/C21H26F3N5O3S/c1-26-15-19(13-25-26)33(31,32)29-7-3-4-16(14-29)20(30)28-10-8-27(9-11-28)18-6-2-5-17(12-18)21(22,23)24/h2,5-6,12-13,15-16H,3-4,7-11,14H2,1H3/t16-/m1/s1. The van der Waals surface area contributed by atoms with E-state index in [9.17, 15) is 26.4 Å². The summed E-state index contributed by atoms with van der Waals surface area (Å²) in [7, 11) is -2.08. The van der Waals surface area contributed by atoms with Crippen LogP contribution in [0.1, 0.15) is 18.4 Å². The van der Waals surface area contributed by atoms with Gasteiger partial charge in [0.15, 0.2) is 0 Å². The Kier molecular flexibility index (Phi) is 6.41. The zero-order valence-electron chi connectivity index (χ0n) is 18.2. The second-order valence-electron chi connectivity index (χ2n) is 8.41. The molecule has 0 N–H and O–H groups in total. The number of anilines is 1. The number of amides is 1. The summed E-state index contributed by atoms with van der Waals surface area (Å²) in [6, 6.07) is 5.18. The second kappa shape index (κ2) is 8.98. The van der Waals surface area contributed by atoms with E-state index in [1.165, 1.54) is 27.4 Å². The Morgan fingerprint density at radius 1 is 1.12 bits per heavy atom. The van der Waals surface area contributed by atoms with Crippen LogP contribution in [0.15, 0.2) is 41.6 Å². The first-order chi connectivity index (χ1) is 15.6. The van der Waals surface area contributed by atoms with Gasteiger partial charge in [0.1, 0.15) is 4.90 Å². The van der Waals surface area contributed by atoms with E-state index in [4.69, 9.17) is 0 Å². The van der Waals surface area contributed by atoms with Gasteiger partial charge in [0, 0.05) is 58.2 Å². The molecule has 2 aromatic rings. The van der Waals surface area contributed by atoms with Crippen LogP contribution in [0.3, 0.4) is 0 Å². The Morgan fingerprint density at radius 2 is 1.85 bits per heavy atom. The summed E-state index contributed by atoms with van der Waals surface area (Å²) in [5, 5.41) is 3.92. The van der Waals surface area contributed by atoms with Crippen molar-refractivity contribution in [1.29, 1.82) is 0 Å². The Hall–Kier alpha value is -2.60. The number of nitrogens with zero attached hydrogens (tertiary/aromatic N) is 5. The second-order valence-corrected chi connectivity index (χ2v) is 10.4. The first-order valence-corrected chi connectivity index (χ1v) is 12.2. The molecule has 0 unspecified atom stereocenters. The Labute approximate surface area is 190 Å². The Morgan fingerprint density at radius 3 is 2.48 bits per heavy atom. The fraction of sp³-hybridized carbons (Fsp3) is 0.524. The lowest BCUT2D eigenvalue weighted by atomic mass is 9.97. The molecular formula is C21H26F3N5O3S. The highest BCUT2D eigenvalue weighted by molar-refractivity contribution is 7.89. The fourth-order valence-electron chi connectivity index (χ4n) is 4.37. The van der Waals surface area contributed by atoms with Crippen molar-refractivity contribution in [3.63, 3.8) is 0 Å². The van der Waals surface area contributed by atoms with Gasteiger partial charge in [0.25, 0.3) is 0 Å². The van der Waals surface area contributed by atoms with Gasteiger partial charge in [0.2, 0.25) is 15.9 Å². The van der Waals surface area contributed by atoms with Crippen LogP contribution >= 0.6 is 0 Å². The highest BCUT2D eigenvalue weighted by atomic mass is 32.2. The number of halogens is 3. The first-order valence-electron chi connectivity index (χ1n) is 10.8. The van der Waals surface area contributed by atoms with Crippen molar-refractivity contribution < 1.29 is 26.4 Å². The number of aryl methyl sites for hydroxylation is 1. The summed E-state index contributed by atoms with van der Waals surface area (Å²) in [6.07, 6.45) is -0.482. The SMILES string of the molecule is Cn1cc(S(=O)(=O)N2CCC[C@@H](C(=O)N3CCN(c4cccc(C(F)(F)F)c4)CC3)C2)cn1. The number of rotatable bonds is 4. The number of piperidine rings is 1. The minimum atomic E-state index is -4.41. The first kappa shape index (κ1) is 23.6. The molecule has 0 saturated carbocycles. The number of carbonyl (C=O) groups excluding carboxylic acids is 1. The molecular weight excluding hydrogens is 459 g/mol. The zero-order valence-corrected chi connectivity index (χ0v) is 19.0. The van der Waals surface area contributed by atoms with Gasteiger partial charge in [-0.25, -0.2) is 8.42 Å². The molecule has 0 spiro atoms. The highest BCUT2D eigenvalue weighted by Gasteiger charge is 2.36. The third kappa shape index (κ3) is 5.01. The van der Waals surface area contributed by atoms with E-state index >= 15 is 0 Å². The van der Waals surface area contributed by atoms with Gasteiger partial charge in [-0.15, -0.1) is 0 Å². The van der Waals surface area contributed by atoms with Crippen molar-refractivity contribution in [2.75, 3.05) is 44.2 Å². The fourth-order valence-corrected chi connectivity index (χ4v) is 5.88. The summed E-state index contributed by atoms with van der Waals surface area (Å²) in [5.41, 5.74) is -0.223. The maximum atomic E-state index is 13.1. The number of sulfonamides is 1. The Bertz CT molecular complexity index is 1110. The van der Waals surface area contributed by atoms with Crippen molar-refractivity contribution in [2.45, 2.75) is 23.9 Å². The van der Waals surface area contributed by atoms with Crippen LogP contribution in [0.5, 0.6) is 0 Å². The van der Waals surface area contributed by atoms with Crippen molar-refractivity contribution >= 4 is 21.6 Å². The molecule has 3 heterocycles. The summed E-state index contributed by atoms with van der Waals surface area (Å²) in [4.78, 5) is 16.7. The highest BCUT2D eigenvalue weighted by Crippen LogP contribution is 2.32. The molecule has 2 saturated heterocycles. The molecule has 33 heavy (non-hydrogen) atoms. The van der Waals surface area contributed by atoms with E-state index in [1.807, 2.05) is 4.90 Å². The minimum absolute atomic E-state index is 0.104. The average molecular weight is 486 g/mol. The molecule has 1 atom stereocenters. The maximum Gasteiger partial charge on any atom is 0.416 e. The van der Waals surface area contributed by atoms with Crippen molar-refractivity contribution in [1.82, 2.24) is 19.0 Å².